The Labute approximate surface area is 614 Å². The highest BCUT2D eigenvalue weighted by Gasteiger charge is 2.56. The van der Waals surface area contributed by atoms with Crippen LogP contribution in [0.3, 0.4) is 0 Å². The molecule has 3 atom stereocenters. The van der Waals surface area contributed by atoms with Gasteiger partial charge < -0.3 is 30.0 Å². The predicted molar refractivity (Wildman–Crippen MR) is 431 cm³/mol. The Bertz CT molecular complexity index is 2440. The fourth-order valence-corrected chi connectivity index (χ4v) is 18.0. The van der Waals surface area contributed by atoms with Gasteiger partial charge in [-0.3, -0.25) is 4.52 Å². The maximum Gasteiger partial charge on any atom is 0.338 e. The summed E-state index contributed by atoms with van der Waals surface area (Å²) >= 11 is 0. The molecule has 0 amide bonds. The molecule has 0 bridgehead atoms. The molecule has 3 aromatic carbocycles. The van der Waals surface area contributed by atoms with Crippen molar-refractivity contribution < 1.29 is 38.8 Å². The highest BCUT2D eigenvalue weighted by Crippen LogP contribution is 2.65. The van der Waals surface area contributed by atoms with E-state index in [2.05, 4.69) is 135 Å². The zero-order chi connectivity index (χ0) is 73.3. The minimum absolute atomic E-state index is 0.189. The number of aryl methyl sites for hydroxylation is 3. The van der Waals surface area contributed by atoms with Gasteiger partial charge in [-0.25, -0.2) is 4.31 Å². The lowest BCUT2D eigenvalue weighted by Crippen LogP contribution is -2.48. The summed E-state index contributed by atoms with van der Waals surface area (Å²) in [5.74, 6) is -0.0277. The van der Waals surface area contributed by atoms with Gasteiger partial charge in [0.2, 0.25) is 0 Å². The summed E-state index contributed by atoms with van der Waals surface area (Å²) in [7, 11) is -6.09. The second-order valence-electron chi connectivity index (χ2n) is 34.4. The van der Waals surface area contributed by atoms with E-state index in [1.807, 2.05) is 12.1 Å². The summed E-state index contributed by atoms with van der Waals surface area (Å²) in [4.78, 5) is 34.9. The second-order valence-corrected chi connectivity index (χ2v) is 36.2. The summed E-state index contributed by atoms with van der Waals surface area (Å²) in [5.41, 5.74) is 4.39. The first kappa shape index (κ1) is 90.9. The van der Waals surface area contributed by atoms with Crippen LogP contribution in [0.25, 0.3) is 0 Å². The molecule has 0 aromatic heterocycles. The molecule has 0 aliphatic rings. The van der Waals surface area contributed by atoms with Crippen LogP contribution in [0.15, 0.2) is 36.4 Å². The van der Waals surface area contributed by atoms with Gasteiger partial charge in [0.25, 0.3) is 0 Å². The number of phenolic OH excluding ortho intramolecular Hbond substituents is 3. The molecule has 0 radical (unpaired) electrons. The average Bonchev–Trinajstić information content (AvgIpc) is 0.710. The molecule has 572 valence electrons. The molecule has 0 aliphatic carbocycles. The normalized spacial score (nSPS) is 13.7. The van der Waals surface area contributed by atoms with Crippen molar-refractivity contribution in [1.29, 1.82) is 0 Å². The first-order valence-corrected chi connectivity index (χ1v) is 44.0. The van der Waals surface area contributed by atoms with E-state index in [1.54, 1.807) is 0 Å². The number of phenols is 3. The summed E-state index contributed by atoms with van der Waals surface area (Å²) in [6, 6.07) is 12.6. The van der Waals surface area contributed by atoms with Crippen molar-refractivity contribution >= 4 is 17.2 Å². The zero-order valence-corrected chi connectivity index (χ0v) is 69.2. The third-order valence-electron chi connectivity index (χ3n) is 22.5. The Morgan fingerprint density at radius 2 is 0.576 bits per heavy atom. The Morgan fingerprint density at radius 1 is 0.323 bits per heavy atom. The summed E-state index contributed by atoms with van der Waals surface area (Å²) in [6.07, 6.45) is 58.4. The van der Waals surface area contributed by atoms with Crippen molar-refractivity contribution in [2.24, 2.45) is 11.3 Å². The third kappa shape index (κ3) is 33.0. The smallest absolute Gasteiger partial charge is 0.338 e. The minimum atomic E-state index is -3.07. The van der Waals surface area contributed by atoms with Crippen LogP contribution in [0, 0.1) is 32.1 Å². The maximum absolute atomic E-state index is 13.0. The van der Waals surface area contributed by atoms with Gasteiger partial charge in [0.05, 0.1) is 0 Å². The van der Waals surface area contributed by atoms with E-state index in [0.717, 1.165) is 122 Å². The number of hydrogen-bond donors (Lipinski definition) is 6. The van der Waals surface area contributed by atoms with Gasteiger partial charge in [-0.1, -0.05) is 379 Å². The average molecular weight is 1420 g/mol. The summed E-state index contributed by atoms with van der Waals surface area (Å²) in [6.45, 7) is 35.1. The number of hydrogen-bond acceptors (Lipinski definition) is 8. The van der Waals surface area contributed by atoms with Gasteiger partial charge in [0.1, 0.15) is 22.8 Å². The Hall–Kier alpha value is -2.28. The Morgan fingerprint density at radius 3 is 0.848 bits per heavy atom. The van der Waals surface area contributed by atoms with E-state index < -0.39 is 45.0 Å². The zero-order valence-electron chi connectivity index (χ0n) is 67.5. The highest BCUT2D eigenvalue weighted by atomic mass is 31.2. The first-order chi connectivity index (χ1) is 47.2. The quantitative estimate of drug-likeness (QED) is 0.0243. The Kier molecular flexibility index (Phi) is 45.5. The SMILES string of the molecule is CCCCCCCCCCCCCC(C(c1cc(C(C)(C)C)c(O)cc1C)C(CCCCCCCCCCCCC)(CCCCCCCCCCCCC)CCCCCCCCCCCCC)C(OP(O)OP(O)O)(c1cc(C(C)(C)C)c(O)cc1C)c1cc(C(C)(C)C)c(O)cc1C. The van der Waals surface area contributed by atoms with Gasteiger partial charge in [0, 0.05) is 5.92 Å². The van der Waals surface area contributed by atoms with Gasteiger partial charge in [0.15, 0.2) is 0 Å². The molecule has 10 heteroatoms. The molecular weight excluding hydrogens is 1260 g/mol. The van der Waals surface area contributed by atoms with Crippen molar-refractivity contribution in [2.45, 2.75) is 447 Å². The van der Waals surface area contributed by atoms with E-state index in [4.69, 9.17) is 8.83 Å². The summed E-state index contributed by atoms with van der Waals surface area (Å²) < 4.78 is 13.8. The van der Waals surface area contributed by atoms with Gasteiger partial charge >= 0.3 is 17.2 Å². The van der Waals surface area contributed by atoms with Crippen LogP contribution in [-0.2, 0) is 30.7 Å². The van der Waals surface area contributed by atoms with Crippen LogP contribution in [0.5, 0.6) is 17.2 Å². The maximum atomic E-state index is 13.0. The molecule has 6 N–H and O–H groups in total. The van der Waals surface area contributed by atoms with Crippen molar-refractivity contribution in [3.8, 4) is 17.2 Å². The monoisotopic (exact) mass is 1420 g/mol. The molecule has 99 heavy (non-hydrogen) atoms. The summed E-state index contributed by atoms with van der Waals surface area (Å²) in [5, 5.41) is 37.1. The molecule has 3 rings (SSSR count). The fourth-order valence-electron chi connectivity index (χ4n) is 16.8. The van der Waals surface area contributed by atoms with Crippen molar-refractivity contribution in [3.63, 3.8) is 0 Å². The van der Waals surface area contributed by atoms with Crippen LogP contribution in [0.2, 0.25) is 0 Å². The van der Waals surface area contributed by atoms with Crippen LogP contribution in [0.1, 0.15) is 454 Å². The van der Waals surface area contributed by atoms with Crippen molar-refractivity contribution in [3.05, 3.63) is 86.5 Å². The number of unbranched alkanes of at least 4 members (excludes halogenated alkanes) is 40. The van der Waals surface area contributed by atoms with E-state index in [1.165, 1.54) is 230 Å². The molecule has 0 saturated heterocycles. The minimum Gasteiger partial charge on any atom is -0.508 e. The molecular formula is C89H158O8P2. The molecule has 3 aromatic rings. The highest BCUT2D eigenvalue weighted by molar-refractivity contribution is 7.54. The van der Waals surface area contributed by atoms with Crippen molar-refractivity contribution in [2.75, 3.05) is 0 Å². The van der Waals surface area contributed by atoms with Gasteiger partial charge in [-0.05, 0) is 154 Å². The standard InChI is InChI=1S/C89H158O8P2/c1-17-21-25-29-33-37-41-45-49-53-57-61-75(89(96-99(95)97-98(93)94,76-69-79(86(11,12)13)82(91)66-72(76)6)77-70-80(87(14,15)16)83(92)67-73(77)7)84(74-68-78(85(8,9)10)81(90)65-71(74)5)88(62-58-54-50-46-42-38-34-30-26-22-18-2,63-59-55-51-47-43-39-35-31-27-23-19-3)64-60-56-52-48-44-40-36-32-28-24-20-4/h65-70,75,84,90-95H,17-64H2,1-16H3. The fraction of sp³-hybridized carbons (Fsp3) is 0.798. The van der Waals surface area contributed by atoms with E-state index in [-0.39, 0.29) is 22.8 Å². The van der Waals surface area contributed by atoms with Crippen molar-refractivity contribution in [1.82, 2.24) is 0 Å². The third-order valence-corrected chi connectivity index (χ3v) is 24.1. The van der Waals surface area contributed by atoms with Crippen LogP contribution in [0.4, 0.5) is 0 Å². The van der Waals surface area contributed by atoms with E-state index in [0.29, 0.717) is 12.2 Å². The van der Waals surface area contributed by atoms with Crippen LogP contribution in [-0.4, -0.2) is 30.0 Å². The lowest BCUT2D eigenvalue weighted by atomic mass is 9.53. The molecule has 0 saturated carbocycles. The number of benzene rings is 3. The van der Waals surface area contributed by atoms with E-state index in [9.17, 15) is 30.0 Å². The second kappa shape index (κ2) is 49.5. The topological polar surface area (TPSA) is 140 Å². The Balaban J connectivity index is 2.75. The molecule has 8 nitrogen and oxygen atoms in total. The molecule has 0 heterocycles. The van der Waals surface area contributed by atoms with Gasteiger partial charge in [-0.15, -0.1) is 0 Å². The van der Waals surface area contributed by atoms with Crippen LogP contribution < -0.4 is 0 Å². The molecule has 0 aliphatic heterocycles. The number of rotatable bonds is 58. The lowest BCUT2D eigenvalue weighted by Gasteiger charge is -2.54. The largest absolute Gasteiger partial charge is 0.508 e. The predicted octanol–water partition coefficient (Wildman–Crippen LogP) is 29.5. The first-order valence-electron chi connectivity index (χ1n) is 41.7. The van der Waals surface area contributed by atoms with Gasteiger partial charge in [-0.2, -0.15) is 0 Å². The molecule has 3 unspecified atom stereocenters. The van der Waals surface area contributed by atoms with Crippen LogP contribution >= 0.6 is 17.2 Å². The number of aromatic hydroxyl groups is 3. The molecule has 0 fully saturated rings. The lowest BCUT2D eigenvalue weighted by molar-refractivity contribution is -0.0260. The molecule has 0 spiro atoms. The van der Waals surface area contributed by atoms with E-state index >= 15 is 0 Å².